The number of Topliss-reactive ketones (excluding diaryl/α,β-unsaturated/α-hetero) is 1. The lowest BCUT2D eigenvalue weighted by Gasteiger charge is -2.01. The zero-order valence-electron chi connectivity index (χ0n) is 6.14. The van der Waals surface area contributed by atoms with Gasteiger partial charge in [-0.1, -0.05) is 0 Å². The first kappa shape index (κ1) is 8.70. The van der Waals surface area contributed by atoms with Crippen LogP contribution in [0.1, 0.15) is 10.4 Å². The molecule has 0 aliphatic rings. The first-order valence-corrected chi connectivity index (χ1v) is 3.30. The predicted molar refractivity (Wildman–Crippen MR) is 40.7 cm³/mol. The molecular weight excluding hydrogens is 160 g/mol. The van der Waals surface area contributed by atoms with Crippen LogP contribution in [0.5, 0.6) is 5.75 Å². The van der Waals surface area contributed by atoms with Crippen molar-refractivity contribution in [3.63, 3.8) is 0 Å². The number of hydrogen-bond donors (Lipinski definition) is 3. The molecular formula is C8H8O4. The smallest absolute Gasteiger partial charge is 0.218 e. The molecule has 0 bridgehead atoms. The molecule has 0 unspecified atom stereocenters. The highest BCUT2D eigenvalue weighted by Crippen LogP contribution is 2.10. The molecule has 1 aromatic carbocycles. The monoisotopic (exact) mass is 168 g/mol. The summed E-state index contributed by atoms with van der Waals surface area (Å²) in [5, 5.41) is 25.8. The van der Waals surface area contributed by atoms with E-state index in [1.807, 2.05) is 0 Å². The summed E-state index contributed by atoms with van der Waals surface area (Å²) >= 11 is 0. The van der Waals surface area contributed by atoms with E-state index in [1.54, 1.807) is 0 Å². The van der Waals surface area contributed by atoms with Crippen molar-refractivity contribution in [1.29, 1.82) is 0 Å². The quantitative estimate of drug-likeness (QED) is 0.425. The minimum atomic E-state index is -1.99. The van der Waals surface area contributed by atoms with Crippen molar-refractivity contribution in [2.24, 2.45) is 0 Å². The molecule has 0 spiro atoms. The Labute approximate surface area is 68.7 Å². The number of aromatic hydroxyl groups is 1. The Hall–Kier alpha value is -1.39. The maximum atomic E-state index is 10.9. The lowest BCUT2D eigenvalue weighted by molar-refractivity contribution is -0.0195. The van der Waals surface area contributed by atoms with Crippen molar-refractivity contribution in [2.75, 3.05) is 0 Å². The summed E-state index contributed by atoms with van der Waals surface area (Å²) in [6, 6.07) is 5.24. The van der Waals surface area contributed by atoms with Gasteiger partial charge >= 0.3 is 0 Å². The van der Waals surface area contributed by atoms with Gasteiger partial charge in [-0.2, -0.15) is 0 Å². The Kier molecular flexibility index (Phi) is 2.42. The molecule has 0 amide bonds. The van der Waals surface area contributed by atoms with Crippen molar-refractivity contribution in [3.05, 3.63) is 29.8 Å². The fourth-order valence-electron chi connectivity index (χ4n) is 0.775. The Balaban J connectivity index is 2.90. The maximum Gasteiger partial charge on any atom is 0.218 e. The number of aliphatic hydroxyl groups is 2. The maximum absolute atomic E-state index is 10.9. The number of phenols is 1. The van der Waals surface area contributed by atoms with E-state index in [4.69, 9.17) is 15.3 Å². The van der Waals surface area contributed by atoms with Crippen LogP contribution in [-0.2, 0) is 0 Å². The topological polar surface area (TPSA) is 77.8 Å². The molecule has 0 saturated heterocycles. The second-order valence-corrected chi connectivity index (χ2v) is 2.28. The van der Waals surface area contributed by atoms with E-state index in [-0.39, 0.29) is 11.3 Å². The summed E-state index contributed by atoms with van der Waals surface area (Å²) in [5.74, 6) is -0.756. The van der Waals surface area contributed by atoms with Gasteiger partial charge in [-0.25, -0.2) is 0 Å². The number of benzene rings is 1. The molecule has 0 aliphatic carbocycles. The van der Waals surface area contributed by atoms with Crippen molar-refractivity contribution >= 4 is 5.78 Å². The van der Waals surface area contributed by atoms with Gasteiger partial charge in [-0.05, 0) is 24.3 Å². The van der Waals surface area contributed by atoms with Gasteiger partial charge in [0.15, 0.2) is 0 Å². The second kappa shape index (κ2) is 3.34. The highest BCUT2D eigenvalue weighted by Gasteiger charge is 2.12. The zero-order valence-corrected chi connectivity index (χ0v) is 6.14. The summed E-state index contributed by atoms with van der Waals surface area (Å²) in [7, 11) is 0. The third kappa shape index (κ3) is 1.81. The van der Waals surface area contributed by atoms with Crippen LogP contribution in [0, 0.1) is 0 Å². The Morgan fingerprint density at radius 1 is 1.17 bits per heavy atom. The van der Waals surface area contributed by atoms with Crippen molar-refractivity contribution in [3.8, 4) is 5.75 Å². The largest absolute Gasteiger partial charge is 0.508 e. The van der Waals surface area contributed by atoms with E-state index in [2.05, 4.69) is 0 Å². The Morgan fingerprint density at radius 2 is 1.67 bits per heavy atom. The van der Waals surface area contributed by atoms with Crippen molar-refractivity contribution in [1.82, 2.24) is 0 Å². The molecule has 0 fully saturated rings. The number of phenolic OH excluding ortho intramolecular Hbond substituents is 1. The first-order valence-electron chi connectivity index (χ1n) is 3.30. The Bertz CT molecular complexity index is 276. The highest BCUT2D eigenvalue weighted by atomic mass is 16.5. The molecule has 1 aromatic rings. The second-order valence-electron chi connectivity index (χ2n) is 2.28. The standard InChI is InChI=1S/C8H8O4/c9-6-3-1-5(2-4-6)7(10)8(11)12/h1-4,8-9,11-12H. The van der Waals surface area contributed by atoms with Gasteiger partial charge in [-0.3, -0.25) is 4.79 Å². The van der Waals surface area contributed by atoms with Gasteiger partial charge in [0, 0.05) is 5.56 Å². The predicted octanol–water partition coefficient (Wildman–Crippen LogP) is -0.114. The van der Waals surface area contributed by atoms with Crippen LogP contribution in [0.2, 0.25) is 0 Å². The molecule has 0 radical (unpaired) electrons. The van der Waals surface area contributed by atoms with Crippen LogP contribution in [0.25, 0.3) is 0 Å². The molecule has 64 valence electrons. The van der Waals surface area contributed by atoms with E-state index < -0.39 is 12.1 Å². The average Bonchev–Trinajstić information content (AvgIpc) is 2.04. The molecule has 0 atom stereocenters. The molecule has 0 saturated carbocycles. The fraction of sp³-hybridized carbons (Fsp3) is 0.125. The summed E-state index contributed by atoms with van der Waals surface area (Å²) in [5.41, 5.74) is 0.155. The fourth-order valence-corrected chi connectivity index (χ4v) is 0.775. The number of hydrogen-bond acceptors (Lipinski definition) is 4. The SMILES string of the molecule is O=C(c1ccc(O)cc1)C(O)O. The molecule has 4 nitrogen and oxygen atoms in total. The first-order chi connectivity index (χ1) is 5.61. The van der Waals surface area contributed by atoms with Crippen LogP contribution in [0.4, 0.5) is 0 Å². The number of aliphatic hydroxyl groups excluding tert-OH is 1. The minimum Gasteiger partial charge on any atom is -0.508 e. The van der Waals surface area contributed by atoms with Crippen LogP contribution in [0.15, 0.2) is 24.3 Å². The van der Waals surface area contributed by atoms with Gasteiger partial charge in [0.2, 0.25) is 12.1 Å². The van der Waals surface area contributed by atoms with E-state index in [1.165, 1.54) is 24.3 Å². The molecule has 12 heavy (non-hydrogen) atoms. The van der Waals surface area contributed by atoms with Crippen molar-refractivity contribution in [2.45, 2.75) is 6.29 Å². The molecule has 1 rings (SSSR count). The van der Waals surface area contributed by atoms with Gasteiger partial charge < -0.3 is 15.3 Å². The van der Waals surface area contributed by atoms with Crippen LogP contribution < -0.4 is 0 Å². The lowest BCUT2D eigenvalue weighted by Crippen LogP contribution is -2.18. The third-order valence-corrected chi connectivity index (χ3v) is 1.39. The van der Waals surface area contributed by atoms with Gasteiger partial charge in [0.25, 0.3) is 0 Å². The van der Waals surface area contributed by atoms with Gasteiger partial charge in [0.1, 0.15) is 5.75 Å². The molecule has 3 N–H and O–H groups in total. The summed E-state index contributed by atoms with van der Waals surface area (Å²) < 4.78 is 0. The zero-order chi connectivity index (χ0) is 9.14. The average molecular weight is 168 g/mol. The number of carbonyl (C=O) groups excluding carboxylic acids is 1. The third-order valence-electron chi connectivity index (χ3n) is 1.39. The van der Waals surface area contributed by atoms with Crippen LogP contribution in [0.3, 0.4) is 0 Å². The number of ketones is 1. The minimum absolute atomic E-state index is 0.0268. The molecule has 0 aromatic heterocycles. The summed E-state index contributed by atoms with van der Waals surface area (Å²) in [4.78, 5) is 10.9. The van der Waals surface area contributed by atoms with Gasteiger partial charge in [-0.15, -0.1) is 0 Å². The molecule has 0 aliphatic heterocycles. The summed E-state index contributed by atoms with van der Waals surface area (Å²) in [6.45, 7) is 0. The molecule has 4 heteroatoms. The normalized spacial score (nSPS) is 10.2. The van der Waals surface area contributed by atoms with E-state index in [0.717, 1.165) is 0 Å². The van der Waals surface area contributed by atoms with Gasteiger partial charge in [0.05, 0.1) is 0 Å². The number of rotatable bonds is 2. The summed E-state index contributed by atoms with van der Waals surface area (Å²) in [6.07, 6.45) is -1.99. The van der Waals surface area contributed by atoms with Crippen LogP contribution >= 0.6 is 0 Å². The van der Waals surface area contributed by atoms with E-state index >= 15 is 0 Å². The van der Waals surface area contributed by atoms with Crippen molar-refractivity contribution < 1.29 is 20.1 Å². The lowest BCUT2D eigenvalue weighted by atomic mass is 10.1. The number of carbonyl (C=O) groups is 1. The van der Waals surface area contributed by atoms with E-state index in [0.29, 0.717) is 0 Å². The van der Waals surface area contributed by atoms with Crippen LogP contribution in [-0.4, -0.2) is 27.4 Å². The molecule has 0 heterocycles. The highest BCUT2D eigenvalue weighted by molar-refractivity contribution is 5.98. The van der Waals surface area contributed by atoms with E-state index in [9.17, 15) is 4.79 Å². The Morgan fingerprint density at radius 3 is 2.08 bits per heavy atom.